The largest absolute Gasteiger partial charge is 0.444 e. The summed E-state index contributed by atoms with van der Waals surface area (Å²) in [4.78, 5) is 0. The van der Waals surface area contributed by atoms with Gasteiger partial charge in [-0.1, -0.05) is 18.2 Å². The normalized spacial score (nSPS) is 14.1. The van der Waals surface area contributed by atoms with Gasteiger partial charge in [0.1, 0.15) is 6.61 Å². The van der Waals surface area contributed by atoms with Gasteiger partial charge in [0.25, 0.3) is 0 Å². The third-order valence-corrected chi connectivity index (χ3v) is 2.99. The first-order chi connectivity index (χ1) is 9.36. The van der Waals surface area contributed by atoms with Crippen LogP contribution in [0.3, 0.4) is 0 Å². The summed E-state index contributed by atoms with van der Waals surface area (Å²) in [6.45, 7) is 4.06. The SMILES string of the molecule is Cc1cc2ccccc2c2[n+]1CCCO2.[O-][Cl+3]([O-])([O-])[O-]. The van der Waals surface area contributed by atoms with E-state index in [0.717, 1.165) is 25.5 Å². The molecule has 0 fully saturated rings. The van der Waals surface area contributed by atoms with Crippen molar-refractivity contribution in [1.29, 1.82) is 0 Å². The van der Waals surface area contributed by atoms with E-state index < -0.39 is 10.2 Å². The summed E-state index contributed by atoms with van der Waals surface area (Å²) >= 11 is 0. The van der Waals surface area contributed by atoms with Crippen molar-refractivity contribution in [1.82, 2.24) is 0 Å². The Balaban J connectivity index is 0.000000257. The molecule has 0 spiro atoms. The molecule has 20 heavy (non-hydrogen) atoms. The maximum absolute atomic E-state index is 8.49. The Morgan fingerprint density at radius 2 is 1.80 bits per heavy atom. The number of ether oxygens (including phenoxy) is 1. The molecule has 0 radical (unpaired) electrons. The summed E-state index contributed by atoms with van der Waals surface area (Å²) in [5.41, 5.74) is 1.28. The standard InChI is InChI=1S/C13H14NO.ClHO4/c1-10-9-11-5-2-3-6-12(11)13-14(10)7-4-8-15-13;2-1(3,4)5/h2-3,5-6,9H,4,7-8H2,1H3;(H,2,3,4,5)/q+1;/p-1. The molecule has 0 saturated heterocycles. The van der Waals surface area contributed by atoms with E-state index in [1.54, 1.807) is 0 Å². The van der Waals surface area contributed by atoms with Crippen molar-refractivity contribution in [3.8, 4) is 5.88 Å². The van der Waals surface area contributed by atoms with Crippen LogP contribution in [0.15, 0.2) is 30.3 Å². The Bertz CT molecular complexity index is 605. The lowest BCUT2D eigenvalue weighted by atomic mass is 10.1. The Hall–Kier alpha value is -1.44. The Morgan fingerprint density at radius 1 is 1.15 bits per heavy atom. The van der Waals surface area contributed by atoms with Crippen LogP contribution in [0.25, 0.3) is 10.8 Å². The summed E-state index contributed by atoms with van der Waals surface area (Å²) < 4.78 is 42.0. The van der Waals surface area contributed by atoms with Gasteiger partial charge in [-0.05, 0) is 11.5 Å². The molecule has 0 aliphatic carbocycles. The second-order valence-electron chi connectivity index (χ2n) is 4.41. The predicted octanol–water partition coefficient (Wildman–Crippen LogP) is -2.54. The molecule has 0 amide bonds. The van der Waals surface area contributed by atoms with Gasteiger partial charge in [-0.3, -0.25) is 0 Å². The van der Waals surface area contributed by atoms with Gasteiger partial charge in [-0.2, -0.15) is 4.57 Å². The smallest absolute Gasteiger partial charge is 0.376 e. The molecule has 0 atom stereocenters. The van der Waals surface area contributed by atoms with Gasteiger partial charge in [0.2, 0.25) is 0 Å². The van der Waals surface area contributed by atoms with Gasteiger partial charge < -0.3 is 4.74 Å². The van der Waals surface area contributed by atoms with E-state index in [0.29, 0.717) is 0 Å². The zero-order chi connectivity index (χ0) is 14.8. The van der Waals surface area contributed by atoms with Crippen molar-refractivity contribution in [3.63, 3.8) is 0 Å². The minimum Gasteiger partial charge on any atom is -0.444 e. The van der Waals surface area contributed by atoms with Gasteiger partial charge in [0.05, 0.1) is 5.39 Å². The summed E-state index contributed by atoms with van der Waals surface area (Å²) in [5.74, 6) is 1.04. The maximum Gasteiger partial charge on any atom is 0.376 e. The first kappa shape index (κ1) is 15.0. The summed E-state index contributed by atoms with van der Waals surface area (Å²) in [5, 5.41) is 2.49. The summed E-state index contributed by atoms with van der Waals surface area (Å²) in [7, 11) is -4.94. The van der Waals surface area contributed by atoms with Gasteiger partial charge in [0.15, 0.2) is 12.2 Å². The monoisotopic (exact) mass is 299 g/mol. The molecule has 0 saturated carbocycles. The lowest BCUT2D eigenvalue weighted by molar-refractivity contribution is -2.00. The highest BCUT2D eigenvalue weighted by molar-refractivity contribution is 5.85. The minimum atomic E-state index is -4.94. The number of fused-ring (bicyclic) bond motifs is 3. The average Bonchev–Trinajstić information content (AvgIpc) is 2.37. The Morgan fingerprint density at radius 3 is 2.50 bits per heavy atom. The molecule has 1 aliphatic rings. The van der Waals surface area contributed by atoms with Crippen molar-refractivity contribution < 1.29 is 38.2 Å². The molecule has 0 unspecified atom stereocenters. The second kappa shape index (κ2) is 5.90. The van der Waals surface area contributed by atoms with E-state index in [4.69, 9.17) is 23.4 Å². The molecule has 3 rings (SSSR count). The van der Waals surface area contributed by atoms with Gasteiger partial charge >= 0.3 is 5.88 Å². The Labute approximate surface area is 118 Å². The molecule has 1 aromatic heterocycles. The highest BCUT2D eigenvalue weighted by Crippen LogP contribution is 2.24. The van der Waals surface area contributed by atoms with Crippen LogP contribution in [0, 0.1) is 17.2 Å². The number of aryl methyl sites for hydroxylation is 1. The topological polar surface area (TPSA) is 105 Å². The molecular weight excluding hydrogens is 286 g/mol. The van der Waals surface area contributed by atoms with Crippen LogP contribution in [0.2, 0.25) is 0 Å². The molecule has 2 aromatic rings. The highest BCUT2D eigenvalue weighted by Gasteiger charge is 2.23. The number of nitrogens with zero attached hydrogens (tertiary/aromatic N) is 1. The van der Waals surface area contributed by atoms with Crippen LogP contribution in [0.1, 0.15) is 12.1 Å². The number of aromatic nitrogens is 1. The number of hydrogen-bond donors (Lipinski definition) is 0. The third-order valence-electron chi connectivity index (χ3n) is 2.99. The van der Waals surface area contributed by atoms with Crippen LogP contribution < -0.4 is 27.9 Å². The van der Waals surface area contributed by atoms with Gasteiger partial charge in [-0.15, -0.1) is 10.2 Å². The molecule has 7 heteroatoms. The molecule has 0 bridgehead atoms. The van der Waals surface area contributed by atoms with Crippen LogP contribution in [0.5, 0.6) is 5.88 Å². The molecule has 2 heterocycles. The quantitative estimate of drug-likeness (QED) is 0.498. The van der Waals surface area contributed by atoms with Crippen LogP contribution in [-0.2, 0) is 6.54 Å². The third kappa shape index (κ3) is 3.78. The fourth-order valence-electron chi connectivity index (χ4n) is 2.25. The predicted molar refractivity (Wildman–Crippen MR) is 59.0 cm³/mol. The lowest BCUT2D eigenvalue weighted by Crippen LogP contribution is -2.68. The van der Waals surface area contributed by atoms with Crippen molar-refractivity contribution in [2.24, 2.45) is 0 Å². The number of rotatable bonds is 0. The fourth-order valence-corrected chi connectivity index (χ4v) is 2.25. The van der Waals surface area contributed by atoms with Crippen molar-refractivity contribution >= 4 is 10.8 Å². The van der Waals surface area contributed by atoms with Crippen molar-refractivity contribution in [2.75, 3.05) is 6.61 Å². The van der Waals surface area contributed by atoms with Gasteiger partial charge in [0, 0.05) is 19.4 Å². The Kier molecular flexibility index (Phi) is 4.42. The van der Waals surface area contributed by atoms with E-state index in [-0.39, 0.29) is 0 Å². The molecule has 1 aliphatic heterocycles. The fraction of sp³-hybridized carbons (Fsp3) is 0.308. The first-order valence-corrected chi connectivity index (χ1v) is 7.26. The number of hydrogen-bond acceptors (Lipinski definition) is 5. The van der Waals surface area contributed by atoms with Crippen molar-refractivity contribution in [2.45, 2.75) is 19.9 Å². The van der Waals surface area contributed by atoms with E-state index in [2.05, 4.69) is 41.8 Å². The molecular formula is C13H14ClNO5. The molecule has 108 valence electrons. The van der Waals surface area contributed by atoms with Crippen LogP contribution in [-0.4, -0.2) is 6.61 Å². The van der Waals surface area contributed by atoms with Gasteiger partial charge in [-0.25, -0.2) is 18.6 Å². The number of benzene rings is 1. The van der Waals surface area contributed by atoms with Crippen LogP contribution >= 0.6 is 0 Å². The van der Waals surface area contributed by atoms with Crippen LogP contribution in [0.4, 0.5) is 0 Å². The molecule has 0 N–H and O–H groups in total. The highest BCUT2D eigenvalue weighted by atomic mass is 35.7. The van der Waals surface area contributed by atoms with E-state index >= 15 is 0 Å². The minimum absolute atomic E-state index is 0.841. The zero-order valence-electron chi connectivity index (χ0n) is 10.9. The zero-order valence-corrected chi connectivity index (χ0v) is 11.6. The number of pyridine rings is 1. The maximum atomic E-state index is 8.49. The molecule has 1 aromatic carbocycles. The van der Waals surface area contributed by atoms with Crippen molar-refractivity contribution in [3.05, 3.63) is 36.0 Å². The first-order valence-electron chi connectivity index (χ1n) is 6.03. The molecule has 6 nitrogen and oxygen atoms in total. The van der Waals surface area contributed by atoms with E-state index in [1.807, 2.05) is 0 Å². The second-order valence-corrected chi connectivity index (χ2v) is 5.17. The summed E-state index contributed by atoms with van der Waals surface area (Å²) in [6.07, 6.45) is 1.11. The lowest BCUT2D eigenvalue weighted by Gasteiger charge is -2.17. The number of halogens is 1. The van der Waals surface area contributed by atoms with E-state index in [9.17, 15) is 0 Å². The summed E-state index contributed by atoms with van der Waals surface area (Å²) in [6, 6.07) is 10.6. The van der Waals surface area contributed by atoms with E-state index in [1.165, 1.54) is 16.5 Å². The average molecular weight is 300 g/mol.